The number of hydrogen-bond acceptors (Lipinski definition) is 2. The minimum absolute atomic E-state index is 0.183. The van der Waals surface area contributed by atoms with Gasteiger partial charge in [-0.15, -0.1) is 6.58 Å². The van der Waals surface area contributed by atoms with Crippen LogP contribution < -0.4 is 0 Å². The minimum Gasteiger partial charge on any atom is -0.393 e. The van der Waals surface area contributed by atoms with Crippen molar-refractivity contribution in [3.8, 4) is 0 Å². The van der Waals surface area contributed by atoms with Crippen molar-refractivity contribution in [2.24, 2.45) is 11.8 Å². The molecule has 1 aliphatic carbocycles. The molecule has 0 amide bonds. The van der Waals surface area contributed by atoms with Crippen LogP contribution in [-0.2, 0) is 11.3 Å². The van der Waals surface area contributed by atoms with Gasteiger partial charge in [0.15, 0.2) is 0 Å². The Morgan fingerprint density at radius 3 is 2.79 bits per heavy atom. The summed E-state index contributed by atoms with van der Waals surface area (Å²) in [4.78, 5) is 0. The van der Waals surface area contributed by atoms with E-state index in [1.807, 2.05) is 24.3 Å². The third-order valence-corrected chi connectivity index (χ3v) is 4.06. The molecule has 1 aromatic rings. The Bertz CT molecular complexity index is 374. The van der Waals surface area contributed by atoms with E-state index in [1.165, 1.54) is 5.56 Å². The Hall–Kier alpha value is -1.12. The second kappa shape index (κ2) is 7.46. The Labute approximate surface area is 116 Å². The van der Waals surface area contributed by atoms with Gasteiger partial charge >= 0.3 is 0 Å². The van der Waals surface area contributed by atoms with E-state index < -0.39 is 0 Å². The van der Waals surface area contributed by atoms with Gasteiger partial charge in [0.1, 0.15) is 0 Å². The van der Waals surface area contributed by atoms with Crippen molar-refractivity contribution in [3.63, 3.8) is 0 Å². The van der Waals surface area contributed by atoms with Crippen LogP contribution >= 0.6 is 0 Å². The molecule has 0 spiro atoms. The zero-order valence-corrected chi connectivity index (χ0v) is 11.5. The molecule has 0 radical (unpaired) electrons. The average molecular weight is 260 g/mol. The minimum atomic E-state index is -0.183. The maximum atomic E-state index is 10.1. The molecule has 2 nitrogen and oxygen atoms in total. The predicted octanol–water partition coefficient (Wildman–Crippen LogP) is 3.56. The molecule has 1 N–H and O–H groups in total. The SMILES string of the molecule is C=CC[C@H]1[C@H](COCc2ccccc2)CCC[C@@H]1O. The lowest BCUT2D eigenvalue weighted by Gasteiger charge is -2.34. The molecule has 1 saturated carbocycles. The first-order chi connectivity index (χ1) is 9.31. The average Bonchev–Trinajstić information content (AvgIpc) is 2.44. The van der Waals surface area contributed by atoms with E-state index >= 15 is 0 Å². The van der Waals surface area contributed by atoms with Crippen molar-refractivity contribution in [1.82, 2.24) is 0 Å². The van der Waals surface area contributed by atoms with Gasteiger partial charge in [-0.3, -0.25) is 0 Å². The van der Waals surface area contributed by atoms with Crippen molar-refractivity contribution < 1.29 is 9.84 Å². The second-order valence-electron chi connectivity index (χ2n) is 5.45. The van der Waals surface area contributed by atoms with Crippen LogP contribution in [0, 0.1) is 11.8 Å². The molecule has 0 bridgehead atoms. The van der Waals surface area contributed by atoms with Crippen LogP contribution in [0.2, 0.25) is 0 Å². The van der Waals surface area contributed by atoms with Gasteiger partial charge in [0, 0.05) is 0 Å². The van der Waals surface area contributed by atoms with Crippen LogP contribution in [0.25, 0.3) is 0 Å². The van der Waals surface area contributed by atoms with E-state index in [1.54, 1.807) is 0 Å². The fraction of sp³-hybridized carbons (Fsp3) is 0.529. The van der Waals surface area contributed by atoms with E-state index in [9.17, 15) is 5.11 Å². The first kappa shape index (κ1) is 14.3. The lowest BCUT2D eigenvalue weighted by molar-refractivity contribution is -0.0127. The molecule has 0 aliphatic heterocycles. The first-order valence-electron chi connectivity index (χ1n) is 7.22. The molecule has 0 saturated heterocycles. The number of allylic oxidation sites excluding steroid dienone is 1. The highest BCUT2D eigenvalue weighted by atomic mass is 16.5. The highest BCUT2D eigenvalue weighted by molar-refractivity contribution is 5.13. The monoisotopic (exact) mass is 260 g/mol. The zero-order chi connectivity index (χ0) is 13.5. The summed E-state index contributed by atoms with van der Waals surface area (Å²) in [6, 6.07) is 10.2. The van der Waals surface area contributed by atoms with Gasteiger partial charge in [-0.05, 0) is 36.7 Å². The van der Waals surface area contributed by atoms with Crippen molar-refractivity contribution in [3.05, 3.63) is 48.6 Å². The Balaban J connectivity index is 1.81. The second-order valence-corrected chi connectivity index (χ2v) is 5.45. The lowest BCUT2D eigenvalue weighted by atomic mass is 9.76. The van der Waals surface area contributed by atoms with Crippen LogP contribution in [0.15, 0.2) is 43.0 Å². The zero-order valence-electron chi connectivity index (χ0n) is 11.5. The number of benzene rings is 1. The molecule has 0 unspecified atom stereocenters. The van der Waals surface area contributed by atoms with Crippen LogP contribution in [0.3, 0.4) is 0 Å². The molecule has 1 fully saturated rings. The highest BCUT2D eigenvalue weighted by Crippen LogP contribution is 2.33. The molecule has 2 rings (SSSR count). The summed E-state index contributed by atoms with van der Waals surface area (Å²) in [6.45, 7) is 5.20. The molecule has 0 aromatic heterocycles. The number of aliphatic hydroxyl groups excluding tert-OH is 1. The summed E-state index contributed by atoms with van der Waals surface area (Å²) in [7, 11) is 0. The van der Waals surface area contributed by atoms with Crippen molar-refractivity contribution >= 4 is 0 Å². The summed E-state index contributed by atoms with van der Waals surface area (Å²) in [5, 5.41) is 10.1. The van der Waals surface area contributed by atoms with Gasteiger partial charge in [0.25, 0.3) is 0 Å². The number of aliphatic hydroxyl groups is 1. The van der Waals surface area contributed by atoms with Gasteiger partial charge in [0.05, 0.1) is 19.3 Å². The molecule has 3 atom stereocenters. The number of hydrogen-bond donors (Lipinski definition) is 1. The summed E-state index contributed by atoms with van der Waals surface area (Å²) in [5.74, 6) is 0.785. The van der Waals surface area contributed by atoms with E-state index in [-0.39, 0.29) is 6.10 Å². The Morgan fingerprint density at radius 1 is 1.26 bits per heavy atom. The standard InChI is InChI=1S/C17H24O2/c1-2-7-16-15(10-6-11-17(16)18)13-19-12-14-8-4-3-5-9-14/h2-5,8-9,15-18H,1,6-7,10-13H2/t15-,16-,17-/m0/s1. The summed E-state index contributed by atoms with van der Waals surface area (Å²) in [6.07, 6.45) is 5.81. The number of rotatable bonds is 6. The van der Waals surface area contributed by atoms with Crippen molar-refractivity contribution in [2.45, 2.75) is 38.4 Å². The summed E-state index contributed by atoms with van der Waals surface area (Å²) >= 11 is 0. The quantitative estimate of drug-likeness (QED) is 0.793. The van der Waals surface area contributed by atoms with Crippen molar-refractivity contribution in [2.75, 3.05) is 6.61 Å². The molecule has 1 aliphatic rings. The van der Waals surface area contributed by atoms with Gasteiger partial charge in [-0.25, -0.2) is 0 Å². The molecule has 19 heavy (non-hydrogen) atoms. The van der Waals surface area contributed by atoms with E-state index in [2.05, 4.69) is 18.7 Å². The fourth-order valence-corrected chi connectivity index (χ4v) is 2.98. The first-order valence-corrected chi connectivity index (χ1v) is 7.22. The van der Waals surface area contributed by atoms with Gasteiger partial charge in [0.2, 0.25) is 0 Å². The number of ether oxygens (including phenoxy) is 1. The highest BCUT2D eigenvalue weighted by Gasteiger charge is 2.31. The largest absolute Gasteiger partial charge is 0.393 e. The topological polar surface area (TPSA) is 29.5 Å². The van der Waals surface area contributed by atoms with Crippen LogP contribution in [0.5, 0.6) is 0 Å². The fourth-order valence-electron chi connectivity index (χ4n) is 2.98. The summed E-state index contributed by atoms with van der Waals surface area (Å²) < 4.78 is 5.84. The lowest BCUT2D eigenvalue weighted by Crippen LogP contribution is -2.34. The van der Waals surface area contributed by atoms with E-state index in [4.69, 9.17) is 4.74 Å². The maximum Gasteiger partial charge on any atom is 0.0717 e. The molecular formula is C17H24O2. The van der Waals surface area contributed by atoms with Gasteiger partial charge in [-0.2, -0.15) is 0 Å². The van der Waals surface area contributed by atoms with Crippen LogP contribution in [0.4, 0.5) is 0 Å². The Morgan fingerprint density at radius 2 is 2.05 bits per heavy atom. The third kappa shape index (κ3) is 4.19. The molecular weight excluding hydrogens is 236 g/mol. The maximum absolute atomic E-state index is 10.1. The predicted molar refractivity (Wildman–Crippen MR) is 77.7 cm³/mol. The third-order valence-electron chi connectivity index (χ3n) is 4.06. The normalized spacial score (nSPS) is 27.1. The van der Waals surface area contributed by atoms with E-state index in [0.717, 1.165) is 32.3 Å². The van der Waals surface area contributed by atoms with E-state index in [0.29, 0.717) is 18.4 Å². The van der Waals surface area contributed by atoms with Crippen LogP contribution in [0.1, 0.15) is 31.2 Å². The molecule has 0 heterocycles. The molecule has 104 valence electrons. The van der Waals surface area contributed by atoms with Gasteiger partial charge < -0.3 is 9.84 Å². The van der Waals surface area contributed by atoms with Crippen LogP contribution in [-0.4, -0.2) is 17.8 Å². The summed E-state index contributed by atoms with van der Waals surface area (Å²) in [5.41, 5.74) is 1.21. The Kier molecular flexibility index (Phi) is 5.62. The van der Waals surface area contributed by atoms with Crippen molar-refractivity contribution in [1.29, 1.82) is 0 Å². The smallest absolute Gasteiger partial charge is 0.0717 e. The molecule has 2 heteroatoms. The van der Waals surface area contributed by atoms with Gasteiger partial charge in [-0.1, -0.05) is 42.8 Å². The molecule has 1 aromatic carbocycles.